The van der Waals surface area contributed by atoms with Crippen LogP contribution >= 0.6 is 0 Å². The molecule has 0 radical (unpaired) electrons. The van der Waals surface area contributed by atoms with Crippen molar-refractivity contribution >= 4 is 75.5 Å². The van der Waals surface area contributed by atoms with Crippen molar-refractivity contribution in [1.82, 2.24) is 36.9 Å². The summed E-state index contributed by atoms with van der Waals surface area (Å²) in [4.78, 5) is 108. The van der Waals surface area contributed by atoms with Crippen LogP contribution in [-0.2, 0) is 50.1 Å². The predicted molar refractivity (Wildman–Crippen MR) is 256 cm³/mol. The topological polar surface area (TPSA) is 414 Å². The summed E-state index contributed by atoms with van der Waals surface area (Å²) in [7, 11) is -4.45. The number of aliphatic imine (C=N–C) groups is 1. The molecule has 1 aliphatic heterocycles. The average molecular weight is 1070 g/mol. The summed E-state index contributed by atoms with van der Waals surface area (Å²) < 4.78 is 70.1. The van der Waals surface area contributed by atoms with Gasteiger partial charge in [0.25, 0.3) is 16.0 Å². The lowest BCUT2D eigenvalue weighted by atomic mass is 9.99. The minimum Gasteiger partial charge on any atom is -0.494 e. The quantitative estimate of drug-likeness (QED) is 0.0234. The molecule has 0 bridgehead atoms. The highest BCUT2D eigenvalue weighted by Crippen LogP contribution is 2.17. The zero-order valence-corrected chi connectivity index (χ0v) is 40.4. The lowest BCUT2D eigenvalue weighted by molar-refractivity contribution is -0.192. The van der Waals surface area contributed by atoms with Gasteiger partial charge in [0.15, 0.2) is 5.96 Å². The Labute approximate surface area is 420 Å². The maximum Gasteiger partial charge on any atom is 0.490 e. The number of carbonyl (C=O) groups is 8. The number of guanidine groups is 1. The fraction of sp³-hybridized carbons (Fsp3) is 0.386. The number of anilines is 1. The second kappa shape index (κ2) is 28.6. The van der Waals surface area contributed by atoms with Gasteiger partial charge in [-0.25, -0.2) is 9.78 Å². The molecule has 4 atom stereocenters. The van der Waals surface area contributed by atoms with E-state index >= 15 is 0 Å². The lowest BCUT2D eigenvalue weighted by Gasteiger charge is -2.27. The zero-order valence-electron chi connectivity index (χ0n) is 39.5. The van der Waals surface area contributed by atoms with Gasteiger partial charge in [0.1, 0.15) is 40.6 Å². The van der Waals surface area contributed by atoms with Crippen molar-refractivity contribution in [1.29, 1.82) is 0 Å². The number of rotatable bonds is 19. The number of carboxylic acid groups (broad SMARTS) is 2. The third kappa shape index (κ3) is 21.1. The Morgan fingerprint density at radius 3 is 2.12 bits per heavy atom. The van der Waals surface area contributed by atoms with Crippen LogP contribution in [0, 0.1) is 5.92 Å². The van der Waals surface area contributed by atoms with Crippen LogP contribution in [0.15, 0.2) is 81.8 Å². The number of pyridine rings is 1. The summed E-state index contributed by atoms with van der Waals surface area (Å²) in [6.45, 7) is 3.25. The van der Waals surface area contributed by atoms with Gasteiger partial charge in [-0.3, -0.25) is 48.5 Å². The summed E-state index contributed by atoms with van der Waals surface area (Å²) in [6.07, 6.45) is -2.83. The molecule has 74 heavy (non-hydrogen) atoms. The van der Waals surface area contributed by atoms with Crippen LogP contribution in [0.4, 0.5) is 19.0 Å². The Bertz CT molecular complexity index is 2640. The van der Waals surface area contributed by atoms with Crippen LogP contribution in [0.25, 0.3) is 0 Å². The minimum atomic E-state index is -5.08. The van der Waals surface area contributed by atoms with Gasteiger partial charge in [-0.2, -0.15) is 26.7 Å². The number of amides is 6. The van der Waals surface area contributed by atoms with Crippen molar-refractivity contribution in [2.45, 2.75) is 81.2 Å². The molecule has 4 rings (SSSR count). The van der Waals surface area contributed by atoms with Crippen molar-refractivity contribution in [2.75, 3.05) is 31.7 Å². The van der Waals surface area contributed by atoms with Crippen LogP contribution in [0.5, 0.6) is 5.75 Å². The van der Waals surface area contributed by atoms with Gasteiger partial charge in [0.2, 0.25) is 29.5 Å². The molecule has 1 fully saturated rings. The Morgan fingerprint density at radius 2 is 1.53 bits per heavy atom. The fourth-order valence-corrected chi connectivity index (χ4v) is 7.00. The van der Waals surface area contributed by atoms with Gasteiger partial charge in [-0.05, 0) is 61.1 Å². The lowest BCUT2D eigenvalue weighted by Crippen LogP contribution is -2.59. The van der Waals surface area contributed by atoms with Crippen molar-refractivity contribution in [2.24, 2.45) is 27.5 Å². The molecule has 1 aromatic heterocycles. The third-order valence-corrected chi connectivity index (χ3v) is 10.9. The number of aromatic nitrogens is 1. The molecule has 1 aliphatic rings. The van der Waals surface area contributed by atoms with Crippen LogP contribution in [0.1, 0.15) is 61.0 Å². The number of nitrogens with two attached hydrogens (primary N) is 2. The van der Waals surface area contributed by atoms with Gasteiger partial charge >= 0.3 is 18.1 Å². The molecule has 2 aromatic carbocycles. The monoisotopic (exact) mass is 1060 g/mol. The van der Waals surface area contributed by atoms with E-state index in [-0.39, 0.29) is 66.8 Å². The number of carbonyl (C=O) groups excluding carboxylic acids is 6. The predicted octanol–water partition coefficient (Wildman–Crippen LogP) is -0.598. The third-order valence-electron chi connectivity index (χ3n) is 10.00. The summed E-state index contributed by atoms with van der Waals surface area (Å²) in [6, 6.07) is 9.85. The number of nitrogens with zero attached hydrogens (tertiary/aromatic N) is 3. The molecule has 30 heteroatoms. The number of aliphatic carboxylic acids is 2. The Kier molecular flexibility index (Phi) is 23.1. The molecule has 3 aromatic rings. The fourth-order valence-electron chi connectivity index (χ4n) is 6.33. The molecule has 0 saturated carbocycles. The van der Waals surface area contributed by atoms with Crippen LogP contribution < -0.4 is 53.5 Å². The molecule has 6 amide bonds. The van der Waals surface area contributed by atoms with E-state index in [2.05, 4.69) is 52.4 Å². The first kappa shape index (κ1) is 59.9. The van der Waals surface area contributed by atoms with E-state index in [0.29, 0.717) is 17.7 Å². The van der Waals surface area contributed by atoms with E-state index in [1.165, 1.54) is 42.7 Å². The van der Waals surface area contributed by atoms with Gasteiger partial charge in [0, 0.05) is 31.3 Å². The Morgan fingerprint density at radius 1 is 0.878 bits per heavy atom. The van der Waals surface area contributed by atoms with Crippen molar-refractivity contribution in [3.05, 3.63) is 83.6 Å². The zero-order chi connectivity index (χ0) is 55.2. The summed E-state index contributed by atoms with van der Waals surface area (Å²) in [5.74, 6) is -8.72. The van der Waals surface area contributed by atoms with E-state index in [1.807, 2.05) is 0 Å². The highest BCUT2D eigenvalue weighted by molar-refractivity contribution is 7.86. The van der Waals surface area contributed by atoms with Gasteiger partial charge in [-0.15, -0.1) is 0 Å². The van der Waals surface area contributed by atoms with E-state index in [4.69, 9.17) is 26.1 Å². The first-order valence-electron chi connectivity index (χ1n) is 22.1. The van der Waals surface area contributed by atoms with E-state index < -0.39 is 107 Å². The normalized spacial score (nSPS) is 17.9. The standard InChI is InChI=1S/C42H54N12O12S.C2HF3O2/c1-24(2)36-41(62)52-30(40(61)51-31(20-35(56)57)38(59)48-23-34(55)50-29(39(60)53-36)8-5-16-46-42(43)44)19-25-10-13-28(14-11-25)66-18-6-17-45-37(58)27-12-15-33(47-21-27)54-49-22-26-7-3-4-9-32(26)67(63,64)65;3-2(4,5)1(6)7/h3-4,7,9-15,21-22,24,29-31,36H,5-6,8,16-20,23H2,1-2H3,(H,45,58)(H,47,54)(H,48,59)(H,50,55)(H,51,61)(H,52,62)(H,53,60)(H,56,57)(H4,43,44,46)(H,63,64,65);(H,6,7)/t29?,30-,31?,36-;/m1./s1. The Balaban J connectivity index is 0.00000192. The number of alkyl halides is 3. The highest BCUT2D eigenvalue weighted by atomic mass is 32.2. The molecule has 402 valence electrons. The molecule has 0 aliphatic carbocycles. The number of hydrogen-bond donors (Lipinski definition) is 12. The average Bonchev–Trinajstić information content (AvgIpc) is 3.32. The second-order valence-corrected chi connectivity index (χ2v) is 17.6. The minimum absolute atomic E-state index is 0.0473. The SMILES string of the molecule is CC(C)[C@H]1NC(=O)C(CCCN=C(N)N)NC(=O)CNC(=O)C(CC(=O)O)NC(=O)[C@@H](Cc2ccc(OCCCNC(=O)c3ccc(NN=Cc4ccccc4S(=O)(=O)O)nc3)cc2)NC1=O.O=C(O)C(F)(F)F. The maximum atomic E-state index is 13.8. The molecular weight excluding hydrogens is 1010 g/mol. The highest BCUT2D eigenvalue weighted by Gasteiger charge is 2.38. The smallest absolute Gasteiger partial charge is 0.490 e. The van der Waals surface area contributed by atoms with Gasteiger partial charge < -0.3 is 58.3 Å². The number of hydrogen-bond acceptors (Lipinski definition) is 15. The number of hydrazone groups is 1. The van der Waals surface area contributed by atoms with Crippen LogP contribution in [-0.4, -0.2) is 144 Å². The number of nitrogens with one attached hydrogen (secondary N) is 7. The van der Waals surface area contributed by atoms with Gasteiger partial charge in [0.05, 0.1) is 31.4 Å². The number of carboxylic acids is 2. The molecular formula is C44H55F3N12O14S. The molecule has 14 N–H and O–H groups in total. The number of halogens is 3. The summed E-state index contributed by atoms with van der Waals surface area (Å²) in [5, 5.41) is 35.8. The Hall–Kier alpha value is -8.41. The second-order valence-electron chi connectivity index (χ2n) is 16.2. The van der Waals surface area contributed by atoms with Crippen molar-refractivity contribution < 1.29 is 79.4 Å². The largest absolute Gasteiger partial charge is 0.494 e. The van der Waals surface area contributed by atoms with Crippen LogP contribution in [0.3, 0.4) is 0 Å². The van der Waals surface area contributed by atoms with Crippen molar-refractivity contribution in [3.8, 4) is 5.75 Å². The van der Waals surface area contributed by atoms with E-state index in [1.54, 1.807) is 44.2 Å². The summed E-state index contributed by atoms with van der Waals surface area (Å²) >= 11 is 0. The molecule has 2 unspecified atom stereocenters. The number of benzene rings is 2. The molecule has 2 heterocycles. The molecule has 1 saturated heterocycles. The first-order chi connectivity index (χ1) is 34.7. The summed E-state index contributed by atoms with van der Waals surface area (Å²) in [5.41, 5.74) is 14.3. The number of ether oxygens (including phenoxy) is 1. The first-order valence-corrected chi connectivity index (χ1v) is 23.6. The van der Waals surface area contributed by atoms with Crippen molar-refractivity contribution in [3.63, 3.8) is 0 Å². The molecule has 0 spiro atoms. The van der Waals surface area contributed by atoms with Crippen LogP contribution in [0.2, 0.25) is 0 Å². The van der Waals surface area contributed by atoms with Gasteiger partial charge in [-0.1, -0.05) is 44.2 Å². The van der Waals surface area contributed by atoms with E-state index in [0.717, 1.165) is 0 Å². The van der Waals surface area contributed by atoms with E-state index in [9.17, 15) is 64.8 Å². The molecule has 26 nitrogen and oxygen atoms in total. The maximum absolute atomic E-state index is 13.8.